The number of hydrogen-bond acceptors (Lipinski definition) is 3. The molecule has 0 fully saturated rings. The van der Waals surface area contributed by atoms with Crippen molar-refractivity contribution in [2.24, 2.45) is 5.11 Å². The average Bonchev–Trinajstić information content (AvgIpc) is 2.29. The van der Waals surface area contributed by atoms with Gasteiger partial charge in [-0.15, -0.1) is 0 Å². The van der Waals surface area contributed by atoms with Crippen LogP contribution in [-0.2, 0) is 10.0 Å². The third-order valence-corrected chi connectivity index (χ3v) is 3.39. The number of benzene rings is 1. The van der Waals surface area contributed by atoms with Gasteiger partial charge in [0, 0.05) is 18.0 Å². The SMILES string of the molecule is [N-]=[N+]=NCCCNS(=O)(=O)c1ccc(F)cc1. The van der Waals surface area contributed by atoms with E-state index in [1.54, 1.807) is 0 Å². The molecule has 0 spiro atoms. The van der Waals surface area contributed by atoms with Gasteiger partial charge in [-0.1, -0.05) is 5.11 Å². The molecule has 1 aromatic carbocycles. The van der Waals surface area contributed by atoms with E-state index in [1.807, 2.05) is 0 Å². The average molecular weight is 258 g/mol. The van der Waals surface area contributed by atoms with Gasteiger partial charge in [0.2, 0.25) is 10.0 Å². The largest absolute Gasteiger partial charge is 0.240 e. The maximum Gasteiger partial charge on any atom is 0.240 e. The van der Waals surface area contributed by atoms with Crippen molar-refractivity contribution < 1.29 is 12.8 Å². The summed E-state index contributed by atoms with van der Waals surface area (Å²) in [5, 5.41) is 3.27. The molecule has 0 saturated carbocycles. The van der Waals surface area contributed by atoms with Gasteiger partial charge in [0.15, 0.2) is 0 Å². The Morgan fingerprint density at radius 3 is 2.59 bits per heavy atom. The number of nitrogens with zero attached hydrogens (tertiary/aromatic N) is 3. The molecule has 17 heavy (non-hydrogen) atoms. The van der Waals surface area contributed by atoms with Gasteiger partial charge < -0.3 is 0 Å². The van der Waals surface area contributed by atoms with Crippen LogP contribution >= 0.6 is 0 Å². The highest BCUT2D eigenvalue weighted by Gasteiger charge is 2.12. The van der Waals surface area contributed by atoms with Crippen LogP contribution < -0.4 is 4.72 Å². The molecule has 1 aromatic rings. The summed E-state index contributed by atoms with van der Waals surface area (Å²) in [6.07, 6.45) is 0.407. The molecule has 0 atom stereocenters. The van der Waals surface area contributed by atoms with Crippen molar-refractivity contribution in [2.45, 2.75) is 11.3 Å². The smallest absolute Gasteiger partial charge is 0.211 e. The summed E-state index contributed by atoms with van der Waals surface area (Å²) in [4.78, 5) is 2.55. The van der Waals surface area contributed by atoms with Gasteiger partial charge in [0.1, 0.15) is 5.82 Å². The van der Waals surface area contributed by atoms with E-state index in [1.165, 1.54) is 12.1 Å². The second kappa shape index (κ2) is 6.19. The molecule has 0 saturated heterocycles. The minimum Gasteiger partial charge on any atom is -0.211 e. The lowest BCUT2D eigenvalue weighted by molar-refractivity contribution is 0.578. The molecule has 6 nitrogen and oxygen atoms in total. The Morgan fingerprint density at radius 1 is 1.35 bits per heavy atom. The number of nitrogens with one attached hydrogen (secondary N) is 1. The maximum atomic E-state index is 12.6. The fourth-order valence-electron chi connectivity index (χ4n) is 1.10. The van der Waals surface area contributed by atoms with Gasteiger partial charge in [0.05, 0.1) is 4.90 Å². The van der Waals surface area contributed by atoms with Gasteiger partial charge in [-0.2, -0.15) is 0 Å². The van der Waals surface area contributed by atoms with Crippen molar-refractivity contribution in [1.82, 2.24) is 4.72 Å². The highest BCUT2D eigenvalue weighted by Crippen LogP contribution is 2.09. The third-order valence-electron chi connectivity index (χ3n) is 1.91. The summed E-state index contributed by atoms with van der Waals surface area (Å²) in [6.45, 7) is 0.390. The maximum absolute atomic E-state index is 12.6. The number of hydrogen-bond donors (Lipinski definition) is 1. The molecule has 0 aliphatic carbocycles. The molecule has 0 heterocycles. The van der Waals surface area contributed by atoms with Crippen LogP contribution in [0.15, 0.2) is 34.3 Å². The molecule has 1 N–H and O–H groups in total. The highest BCUT2D eigenvalue weighted by atomic mass is 32.2. The van der Waals surface area contributed by atoms with Crippen LogP contribution in [0.4, 0.5) is 4.39 Å². The van der Waals surface area contributed by atoms with E-state index in [-0.39, 0.29) is 18.0 Å². The molecular weight excluding hydrogens is 247 g/mol. The van der Waals surface area contributed by atoms with Crippen LogP contribution in [0.2, 0.25) is 0 Å². The summed E-state index contributed by atoms with van der Waals surface area (Å²) >= 11 is 0. The van der Waals surface area contributed by atoms with E-state index in [0.29, 0.717) is 6.42 Å². The molecule has 0 bridgehead atoms. The Labute approximate surface area is 98.1 Å². The van der Waals surface area contributed by atoms with E-state index < -0.39 is 15.8 Å². The Morgan fingerprint density at radius 2 is 2.00 bits per heavy atom. The van der Waals surface area contributed by atoms with E-state index in [2.05, 4.69) is 14.7 Å². The summed E-state index contributed by atoms with van der Waals surface area (Å²) in [6, 6.07) is 4.53. The van der Waals surface area contributed by atoms with Crippen molar-refractivity contribution in [1.29, 1.82) is 0 Å². The Hall–Kier alpha value is -1.63. The first-order valence-corrected chi connectivity index (χ1v) is 6.30. The van der Waals surface area contributed by atoms with Gasteiger partial charge in [-0.05, 0) is 36.2 Å². The molecule has 0 aromatic heterocycles. The molecule has 0 aliphatic rings. The van der Waals surface area contributed by atoms with Crippen molar-refractivity contribution in [3.05, 3.63) is 40.5 Å². The van der Waals surface area contributed by atoms with Crippen LogP contribution in [0.25, 0.3) is 10.4 Å². The van der Waals surface area contributed by atoms with Crippen LogP contribution in [0.5, 0.6) is 0 Å². The summed E-state index contributed by atoms with van der Waals surface area (Å²) in [5.74, 6) is -0.493. The Kier molecular flexibility index (Phi) is 4.89. The number of sulfonamides is 1. The molecule has 0 aliphatic heterocycles. The quantitative estimate of drug-likeness (QED) is 0.364. The Bertz CT molecular complexity index is 508. The van der Waals surface area contributed by atoms with E-state index >= 15 is 0 Å². The minimum atomic E-state index is -3.62. The summed E-state index contributed by atoms with van der Waals surface area (Å²) in [7, 11) is -3.62. The minimum absolute atomic E-state index is 0.00249. The van der Waals surface area contributed by atoms with E-state index in [9.17, 15) is 12.8 Å². The lowest BCUT2D eigenvalue weighted by atomic mass is 10.4. The first-order valence-electron chi connectivity index (χ1n) is 4.82. The summed E-state index contributed by atoms with van der Waals surface area (Å²) < 4.78 is 38.2. The van der Waals surface area contributed by atoms with Gasteiger partial charge in [0.25, 0.3) is 0 Å². The fraction of sp³-hybridized carbons (Fsp3) is 0.333. The standard InChI is InChI=1S/C9H11FN4O2S/c10-8-2-4-9(5-3-8)17(15,16)13-7-1-6-12-14-11/h2-5,13H,1,6-7H2. The molecule has 8 heteroatoms. The zero-order valence-corrected chi connectivity index (χ0v) is 9.69. The lowest BCUT2D eigenvalue weighted by Crippen LogP contribution is -2.25. The highest BCUT2D eigenvalue weighted by molar-refractivity contribution is 7.89. The van der Waals surface area contributed by atoms with Crippen LogP contribution in [0.3, 0.4) is 0 Å². The number of azide groups is 1. The molecule has 92 valence electrons. The molecule has 0 radical (unpaired) electrons. The van der Waals surface area contributed by atoms with E-state index in [4.69, 9.17) is 5.53 Å². The van der Waals surface area contributed by atoms with E-state index in [0.717, 1.165) is 12.1 Å². The topological polar surface area (TPSA) is 94.9 Å². The molecule has 0 unspecified atom stereocenters. The van der Waals surface area contributed by atoms with Crippen molar-refractivity contribution in [2.75, 3.05) is 13.1 Å². The van der Waals surface area contributed by atoms with Crippen LogP contribution in [-0.4, -0.2) is 21.5 Å². The van der Waals surface area contributed by atoms with Gasteiger partial charge in [-0.3, -0.25) is 0 Å². The predicted molar refractivity (Wildman–Crippen MR) is 60.2 cm³/mol. The monoisotopic (exact) mass is 258 g/mol. The van der Waals surface area contributed by atoms with Crippen LogP contribution in [0.1, 0.15) is 6.42 Å². The second-order valence-corrected chi connectivity index (χ2v) is 4.93. The normalized spacial score (nSPS) is 10.9. The molecular formula is C9H11FN4O2S. The summed E-state index contributed by atoms with van der Waals surface area (Å²) in [5.41, 5.74) is 8.01. The van der Waals surface area contributed by atoms with Crippen molar-refractivity contribution >= 4 is 10.0 Å². The van der Waals surface area contributed by atoms with Crippen molar-refractivity contribution in [3.8, 4) is 0 Å². The first kappa shape index (κ1) is 13.4. The number of rotatable bonds is 6. The van der Waals surface area contributed by atoms with Gasteiger partial charge >= 0.3 is 0 Å². The Balaban J connectivity index is 2.57. The number of halogens is 1. The zero-order valence-electron chi connectivity index (χ0n) is 8.88. The van der Waals surface area contributed by atoms with Gasteiger partial charge in [-0.25, -0.2) is 17.5 Å². The predicted octanol–water partition coefficient (Wildman–Crippen LogP) is 1.80. The van der Waals surface area contributed by atoms with Crippen molar-refractivity contribution in [3.63, 3.8) is 0 Å². The lowest BCUT2D eigenvalue weighted by Gasteiger charge is -2.05. The fourth-order valence-corrected chi connectivity index (χ4v) is 2.17. The molecule has 0 amide bonds. The first-order chi connectivity index (χ1) is 8.06. The third kappa shape index (κ3) is 4.39. The molecule has 1 rings (SSSR count). The second-order valence-electron chi connectivity index (χ2n) is 3.16. The van der Waals surface area contributed by atoms with Crippen LogP contribution in [0, 0.1) is 5.82 Å². The zero-order chi connectivity index (χ0) is 12.7.